The third-order valence-corrected chi connectivity index (χ3v) is 2.50. The fourth-order valence-corrected chi connectivity index (χ4v) is 1.24. The van der Waals surface area contributed by atoms with Crippen molar-refractivity contribution < 1.29 is 14.8 Å². The first-order chi connectivity index (χ1) is 8.08. The summed E-state index contributed by atoms with van der Waals surface area (Å²) < 4.78 is 5.25. The second-order valence-electron chi connectivity index (χ2n) is 3.05. The first-order valence-electron chi connectivity index (χ1n) is 4.54. The Labute approximate surface area is 107 Å². The van der Waals surface area contributed by atoms with Gasteiger partial charge in [0.05, 0.1) is 16.6 Å². The molecule has 0 fully saturated rings. The van der Waals surface area contributed by atoms with Crippen LogP contribution in [-0.2, 0) is 6.61 Å². The topological polar surface area (TPSA) is 72.6 Å². The summed E-state index contributed by atoms with van der Waals surface area (Å²) in [6.45, 7) is -0.324. The largest absolute Gasteiger partial charge is 0.488 e. The second-order valence-corrected chi connectivity index (χ2v) is 3.76. The van der Waals surface area contributed by atoms with Crippen LogP contribution >= 0.6 is 23.2 Å². The maximum atomic E-state index is 10.5. The van der Waals surface area contributed by atoms with Gasteiger partial charge in [-0.3, -0.25) is 10.1 Å². The van der Waals surface area contributed by atoms with Crippen molar-refractivity contribution >= 4 is 28.9 Å². The van der Waals surface area contributed by atoms with Gasteiger partial charge < -0.3 is 9.84 Å². The van der Waals surface area contributed by atoms with Gasteiger partial charge in [0.1, 0.15) is 12.4 Å². The molecule has 0 radical (unpaired) electrons. The van der Waals surface area contributed by atoms with Crippen molar-refractivity contribution in [1.29, 1.82) is 0 Å². The van der Waals surface area contributed by atoms with Crippen molar-refractivity contribution in [3.63, 3.8) is 0 Å². The quantitative estimate of drug-likeness (QED) is 0.664. The molecule has 0 heterocycles. The molecule has 1 rings (SSSR count). The number of halogens is 2. The molecule has 0 spiro atoms. The van der Waals surface area contributed by atoms with Gasteiger partial charge in [-0.05, 0) is 6.07 Å². The zero-order chi connectivity index (χ0) is 12.8. The van der Waals surface area contributed by atoms with Crippen molar-refractivity contribution in [3.05, 3.63) is 44.4 Å². The van der Waals surface area contributed by atoms with E-state index in [0.29, 0.717) is 11.3 Å². The molecule has 0 atom stereocenters. The van der Waals surface area contributed by atoms with Crippen molar-refractivity contribution in [2.45, 2.75) is 6.61 Å². The lowest BCUT2D eigenvalue weighted by atomic mass is 10.2. The highest BCUT2D eigenvalue weighted by molar-refractivity contribution is 6.36. The number of non-ortho nitro benzene ring substituents is 1. The van der Waals surface area contributed by atoms with Crippen molar-refractivity contribution in [2.24, 2.45) is 0 Å². The maximum absolute atomic E-state index is 10.5. The number of nitro benzene ring substituents is 1. The van der Waals surface area contributed by atoms with Crippen LogP contribution in [0.2, 0.25) is 0 Å². The van der Waals surface area contributed by atoms with Gasteiger partial charge in [0.2, 0.25) is 0 Å². The number of aliphatic hydroxyl groups excluding tert-OH is 1. The van der Waals surface area contributed by atoms with Gasteiger partial charge in [0, 0.05) is 23.2 Å². The van der Waals surface area contributed by atoms with Crippen LogP contribution in [0.25, 0.3) is 0 Å². The van der Waals surface area contributed by atoms with Gasteiger partial charge in [-0.25, -0.2) is 0 Å². The van der Waals surface area contributed by atoms with Crippen LogP contribution in [-0.4, -0.2) is 16.6 Å². The molecule has 0 saturated carbocycles. The zero-order valence-electron chi connectivity index (χ0n) is 8.60. The summed E-state index contributed by atoms with van der Waals surface area (Å²) >= 11 is 11.0. The van der Waals surface area contributed by atoms with Gasteiger partial charge in [-0.2, -0.15) is 0 Å². The number of aliphatic hydroxyl groups is 1. The van der Waals surface area contributed by atoms with E-state index in [0.717, 1.165) is 5.54 Å². The number of ether oxygens (including phenoxy) is 1. The molecule has 17 heavy (non-hydrogen) atoms. The number of rotatable bonds is 5. The number of nitrogens with zero attached hydrogens (tertiary/aromatic N) is 1. The Morgan fingerprint density at radius 3 is 2.82 bits per heavy atom. The highest BCUT2D eigenvalue weighted by Gasteiger charge is 2.11. The van der Waals surface area contributed by atoms with Gasteiger partial charge in [0.25, 0.3) is 5.69 Å². The molecule has 0 unspecified atom stereocenters. The van der Waals surface area contributed by atoms with E-state index < -0.39 is 4.92 Å². The molecule has 5 nitrogen and oxygen atoms in total. The second kappa shape index (κ2) is 6.44. The maximum Gasteiger partial charge on any atom is 0.270 e. The Morgan fingerprint density at radius 2 is 2.29 bits per heavy atom. The standard InChI is InChI=1S/C10H9Cl2NO4/c11-4-8(12)6-17-10-2-1-9(13(15)16)3-7(10)5-14/h1-4,14H,5-6H2. The van der Waals surface area contributed by atoms with Crippen LogP contribution in [0.3, 0.4) is 0 Å². The molecule has 0 bridgehead atoms. The van der Waals surface area contributed by atoms with Crippen LogP contribution < -0.4 is 4.74 Å². The summed E-state index contributed by atoms with van der Waals surface area (Å²) in [5, 5.41) is 19.9. The Hall–Kier alpha value is -1.30. The first kappa shape index (κ1) is 13.8. The van der Waals surface area contributed by atoms with E-state index in [4.69, 9.17) is 33.0 Å². The van der Waals surface area contributed by atoms with E-state index >= 15 is 0 Å². The monoisotopic (exact) mass is 277 g/mol. The molecule has 0 aliphatic carbocycles. The fourth-order valence-electron chi connectivity index (χ4n) is 1.12. The van der Waals surface area contributed by atoms with Crippen LogP contribution in [0.4, 0.5) is 5.69 Å². The molecule has 0 aromatic heterocycles. The Morgan fingerprint density at radius 1 is 1.59 bits per heavy atom. The Bertz CT molecular complexity index is 448. The van der Waals surface area contributed by atoms with Crippen molar-refractivity contribution in [3.8, 4) is 5.75 Å². The minimum Gasteiger partial charge on any atom is -0.488 e. The lowest BCUT2D eigenvalue weighted by Crippen LogP contribution is -2.01. The smallest absolute Gasteiger partial charge is 0.270 e. The molecule has 92 valence electrons. The summed E-state index contributed by atoms with van der Waals surface area (Å²) in [7, 11) is 0. The third kappa shape index (κ3) is 3.89. The molecule has 1 N–H and O–H groups in total. The molecular formula is C10H9Cl2NO4. The summed E-state index contributed by atoms with van der Waals surface area (Å²) in [6.07, 6.45) is 0. The molecule has 1 aromatic carbocycles. The van der Waals surface area contributed by atoms with Gasteiger partial charge in [-0.1, -0.05) is 23.2 Å². The summed E-state index contributed by atoms with van der Waals surface area (Å²) in [4.78, 5) is 9.98. The minimum atomic E-state index is -0.547. The van der Waals surface area contributed by atoms with E-state index in [1.54, 1.807) is 0 Å². The van der Waals surface area contributed by atoms with Crippen LogP contribution in [0.1, 0.15) is 5.56 Å². The third-order valence-electron chi connectivity index (χ3n) is 1.91. The molecule has 0 aliphatic heterocycles. The van der Waals surface area contributed by atoms with Gasteiger partial charge in [-0.15, -0.1) is 0 Å². The van der Waals surface area contributed by atoms with Gasteiger partial charge >= 0.3 is 0 Å². The SMILES string of the molecule is O=[N+]([O-])c1ccc(OCC(Cl)=CCl)c(CO)c1. The minimum absolute atomic E-state index is 0.0376. The van der Waals surface area contributed by atoms with E-state index in [1.807, 2.05) is 0 Å². The Kier molecular flexibility index (Phi) is 5.21. The number of benzene rings is 1. The van der Waals surface area contributed by atoms with E-state index in [-0.39, 0.29) is 23.9 Å². The van der Waals surface area contributed by atoms with Crippen molar-refractivity contribution in [2.75, 3.05) is 6.61 Å². The molecule has 0 saturated heterocycles. The van der Waals surface area contributed by atoms with Crippen LogP contribution in [0.15, 0.2) is 28.8 Å². The van der Waals surface area contributed by atoms with E-state index in [9.17, 15) is 10.1 Å². The summed E-state index contributed by atoms with van der Waals surface area (Å²) in [6, 6.07) is 3.93. The highest BCUT2D eigenvalue weighted by atomic mass is 35.5. The summed E-state index contributed by atoms with van der Waals surface area (Å²) in [5.74, 6) is 0.328. The number of nitro groups is 1. The first-order valence-corrected chi connectivity index (χ1v) is 5.35. The average molecular weight is 278 g/mol. The lowest BCUT2D eigenvalue weighted by molar-refractivity contribution is -0.385. The Balaban J connectivity index is 2.89. The molecular weight excluding hydrogens is 269 g/mol. The predicted molar refractivity (Wildman–Crippen MR) is 64.3 cm³/mol. The average Bonchev–Trinajstić information content (AvgIpc) is 2.35. The van der Waals surface area contributed by atoms with Crippen LogP contribution in [0.5, 0.6) is 5.75 Å². The zero-order valence-corrected chi connectivity index (χ0v) is 10.1. The normalized spacial score (nSPS) is 11.4. The van der Waals surface area contributed by atoms with Crippen LogP contribution in [0, 0.1) is 10.1 Å². The van der Waals surface area contributed by atoms with Gasteiger partial charge in [0.15, 0.2) is 0 Å². The highest BCUT2D eigenvalue weighted by Crippen LogP contribution is 2.24. The molecule has 7 heteroatoms. The molecule has 1 aromatic rings. The number of hydrogen-bond acceptors (Lipinski definition) is 4. The molecule has 0 amide bonds. The molecule has 0 aliphatic rings. The summed E-state index contributed by atoms with van der Waals surface area (Å²) in [5.41, 5.74) is 1.37. The van der Waals surface area contributed by atoms with Crippen molar-refractivity contribution in [1.82, 2.24) is 0 Å². The predicted octanol–water partition coefficient (Wildman–Crippen LogP) is 2.78. The lowest BCUT2D eigenvalue weighted by Gasteiger charge is -2.08. The van der Waals surface area contributed by atoms with E-state index in [2.05, 4.69) is 0 Å². The fraction of sp³-hybridized carbons (Fsp3) is 0.200. The number of hydrogen-bond donors (Lipinski definition) is 1. The van der Waals surface area contributed by atoms with E-state index in [1.165, 1.54) is 18.2 Å².